The molecule has 20 rings (SSSR count). The minimum Gasteiger partial charge on any atom is -0.457 e. The number of likely N-dealkylation sites (tertiary alicyclic amines) is 1. The standard InChI is InChI=1S/C21H24BN3O2.C20H21BN2O3.C18H19BN2O2.C17H15BN2O3.C16H15BN2O2.C16H14BNO3/c1-22-20-5-4-19(12-16(20)14-26-22)27-21-6-3-18(24-2)11-15(21)13-25-9-7-17(23)8-10-25;1-21-19-5-4-18(12-16(19)14-25-21)26-20-6-3-17(22-2)11-15(20)13-23-7-9-24-10-8-23;1-19-17-6-5-16(11-14(17)12-22-19)23-18-7-4-15(21-3)10-13(18)8-9-20-2;1-18-16-5-4-15(8-13(16)10-22-18)23-17-6-3-14(19-2)7-12(17)9-20-11-21;1-17-15-5-4-14(8-12(15)10-20-17)21-16-6-3-13(19-2)7-11(16)9-18;1-17-15-5-4-14(8-12(15)10-20-17)21-16-6-3-13(18-2)7-11(16)9-19/h3-6,11-12,17H,7-10,13-14,23H2,1H3;3-6,11-12H,7-10,13-14H2,1H3;4-7,10-11,20H,8-9,12H2,1-2H3;3-8,11H,9-10H2,1H3,(H,20,21);3-8H,9-10,18H2,1H3;3-8,19H,9-10H2,1H3. The molecule has 0 aromatic heterocycles. The molecule has 0 aliphatic carbocycles. The summed E-state index contributed by atoms with van der Waals surface area (Å²) in [5.41, 5.74) is 34.8. The normalized spacial score (nSPS) is 14.5. The number of aliphatic hydroxyl groups excluding tert-OH is 1. The van der Waals surface area contributed by atoms with E-state index in [1.165, 1.54) is 49.5 Å². The second kappa shape index (κ2) is 49.0. The van der Waals surface area contributed by atoms with Gasteiger partial charge in [0.1, 0.15) is 69.0 Å². The van der Waals surface area contributed by atoms with Crippen LogP contribution >= 0.6 is 0 Å². The lowest BCUT2D eigenvalue weighted by molar-refractivity contribution is -0.109. The maximum absolute atomic E-state index is 10.5. The molecule has 0 saturated carbocycles. The highest BCUT2D eigenvalue weighted by Gasteiger charge is 2.31. The monoisotopic (exact) mass is 1880 g/mol. The zero-order valence-corrected chi connectivity index (χ0v) is 80.1. The van der Waals surface area contributed by atoms with E-state index in [0.29, 0.717) is 134 Å². The molecule has 7 N–H and O–H groups in total. The molecule has 141 heavy (non-hydrogen) atoms. The number of nitrogens with zero attached hydrogens (tertiary/aromatic N) is 8. The van der Waals surface area contributed by atoms with Gasteiger partial charge in [-0.15, -0.1) is 0 Å². The van der Waals surface area contributed by atoms with Crippen molar-refractivity contribution in [2.75, 3.05) is 53.0 Å². The van der Waals surface area contributed by atoms with Gasteiger partial charge in [0.15, 0.2) is 34.1 Å². The summed E-state index contributed by atoms with van der Waals surface area (Å²) in [6.07, 6.45) is 3.48. The first kappa shape index (κ1) is 101. The summed E-state index contributed by atoms with van der Waals surface area (Å²) in [5.74, 6) is 8.90. The molecule has 27 nitrogen and oxygen atoms in total. The number of piperidine rings is 1. The van der Waals surface area contributed by atoms with Crippen LogP contribution in [0.2, 0.25) is 40.9 Å². The van der Waals surface area contributed by atoms with Crippen LogP contribution in [0, 0.1) is 39.4 Å². The third kappa shape index (κ3) is 26.5. The Morgan fingerprint density at radius 2 is 0.631 bits per heavy atom. The quantitative estimate of drug-likeness (QED) is 0.0214. The van der Waals surface area contributed by atoms with E-state index in [9.17, 15) is 9.90 Å². The fraction of sp³-hybridized carbons (Fsp3) is 0.269. The number of carbonyl (C=O) groups excluding carboxylic acids is 1. The Hall–Kier alpha value is -14.3. The second-order valence-electron chi connectivity index (χ2n) is 35.1. The molecular weight excluding hydrogens is 1770 g/mol. The Labute approximate surface area is 827 Å². The van der Waals surface area contributed by atoms with Crippen LogP contribution in [0.5, 0.6) is 69.0 Å². The Bertz CT molecular complexity index is 6640. The highest BCUT2D eigenvalue weighted by atomic mass is 16.5. The summed E-state index contributed by atoms with van der Waals surface area (Å²) >= 11 is 0. The van der Waals surface area contributed by atoms with Crippen LogP contribution in [0.4, 0.5) is 34.1 Å². The number of benzene rings is 12. The van der Waals surface area contributed by atoms with E-state index in [4.69, 9.17) is 112 Å². The first-order chi connectivity index (χ1) is 68.7. The molecule has 12 aromatic carbocycles. The number of fused-ring (bicyclic) bond motifs is 6. The molecule has 2 saturated heterocycles. The molecule has 1 amide bonds. The number of carbonyl (C=O) groups is 1. The van der Waals surface area contributed by atoms with Crippen LogP contribution < -0.4 is 83.3 Å². The smallest absolute Gasteiger partial charge is 0.324 e. The van der Waals surface area contributed by atoms with Gasteiger partial charge in [-0.25, -0.2) is 29.1 Å². The van der Waals surface area contributed by atoms with Crippen LogP contribution in [-0.4, -0.2) is 122 Å². The lowest BCUT2D eigenvalue weighted by Gasteiger charge is -2.30. The van der Waals surface area contributed by atoms with E-state index in [2.05, 4.69) is 100 Å². The number of nitrogens with two attached hydrogens (primary N) is 2. The average molecular weight is 1880 g/mol. The minimum atomic E-state index is -0.163. The highest BCUT2D eigenvalue weighted by molar-refractivity contribution is 6.69. The molecule has 8 aliphatic heterocycles. The van der Waals surface area contributed by atoms with E-state index in [1.807, 2.05) is 155 Å². The van der Waals surface area contributed by atoms with Gasteiger partial charge in [0.25, 0.3) is 0 Å². The molecule has 33 heteroatoms. The van der Waals surface area contributed by atoms with Crippen molar-refractivity contribution < 1.29 is 71.0 Å². The number of amides is 1. The van der Waals surface area contributed by atoms with Crippen molar-refractivity contribution in [3.8, 4) is 69.0 Å². The van der Waals surface area contributed by atoms with E-state index in [0.717, 1.165) is 163 Å². The third-order valence-corrected chi connectivity index (χ3v) is 25.6. The van der Waals surface area contributed by atoms with Crippen molar-refractivity contribution in [1.29, 1.82) is 0 Å². The predicted molar refractivity (Wildman–Crippen MR) is 554 cm³/mol. The van der Waals surface area contributed by atoms with E-state index < -0.39 is 0 Å². The molecule has 708 valence electrons. The van der Waals surface area contributed by atoms with Gasteiger partial charge in [-0.1, -0.05) is 114 Å². The van der Waals surface area contributed by atoms with Gasteiger partial charge < -0.3 is 88.3 Å². The van der Waals surface area contributed by atoms with Crippen LogP contribution in [0.1, 0.15) is 79.6 Å². The molecule has 0 unspecified atom stereocenters. The third-order valence-electron chi connectivity index (χ3n) is 25.6. The Morgan fingerprint density at radius 3 is 0.922 bits per heavy atom. The summed E-state index contributed by atoms with van der Waals surface area (Å²) in [4.78, 5) is 36.1. The van der Waals surface area contributed by atoms with Crippen LogP contribution in [0.15, 0.2) is 218 Å². The minimum absolute atomic E-state index is 0.115. The topological polar surface area (TPSA) is 266 Å². The fourth-order valence-electron chi connectivity index (χ4n) is 17.6. The molecule has 0 spiro atoms. The molecule has 8 aliphatic rings. The SMILES string of the molecule is [C-]#[N+]c1ccc(Oc2ccc3c(c2)COB3C)c(CCNC)c1.[C-]#[N+]c1ccc(Oc2ccc3c(c2)COB3C)c(CN)c1.[C-]#[N+]c1ccc(Oc2ccc3c(c2)COB3C)c(CN2CCC(N)CC2)c1.[C-]#[N+]c1ccc(Oc2ccc3c(c2)COB3C)c(CN2CCOCC2)c1.[C-]#[N+]c1ccc(Oc2ccc3c(c2)COB3C)c(CNC=O)c1.[C-]#[N+]c1ccc(Oc2ccc3c(c2)COB3C)c(CO)c1. The summed E-state index contributed by atoms with van der Waals surface area (Å²) < 4.78 is 75.4. The second-order valence-corrected chi connectivity index (χ2v) is 35.1. The Balaban J connectivity index is 0.000000128. The van der Waals surface area contributed by atoms with E-state index in [-0.39, 0.29) is 48.1 Å². The lowest BCUT2D eigenvalue weighted by Crippen LogP contribution is -2.39. The van der Waals surface area contributed by atoms with Crippen molar-refractivity contribution in [3.63, 3.8) is 0 Å². The number of ether oxygens (including phenoxy) is 7. The van der Waals surface area contributed by atoms with Crippen molar-refractivity contribution >= 4 is 115 Å². The zero-order valence-electron chi connectivity index (χ0n) is 80.1. The Morgan fingerprint density at radius 1 is 0.369 bits per heavy atom. The summed E-state index contributed by atoms with van der Waals surface area (Å²) in [7, 11) is 1.92. The molecule has 0 atom stereocenters. The largest absolute Gasteiger partial charge is 0.457 e. The maximum atomic E-state index is 10.5. The highest BCUT2D eigenvalue weighted by Crippen LogP contribution is 2.39. The Kier molecular flexibility index (Phi) is 35.2. The number of hydrogen-bond acceptors (Lipinski definition) is 20. The molecule has 0 bridgehead atoms. The first-order valence-electron chi connectivity index (χ1n) is 47.2. The van der Waals surface area contributed by atoms with Gasteiger partial charge in [0.05, 0.1) is 98.9 Å². The van der Waals surface area contributed by atoms with Crippen molar-refractivity contribution in [2.24, 2.45) is 11.5 Å². The summed E-state index contributed by atoms with van der Waals surface area (Å²) in [6.45, 7) is 67.9. The fourth-order valence-corrected chi connectivity index (χ4v) is 17.6. The van der Waals surface area contributed by atoms with E-state index >= 15 is 0 Å². The van der Waals surface area contributed by atoms with Crippen molar-refractivity contribution in [3.05, 3.63) is 354 Å². The molecule has 8 heterocycles. The van der Waals surface area contributed by atoms with Crippen molar-refractivity contribution in [2.45, 2.75) is 139 Å². The number of rotatable bonds is 24. The number of aliphatic hydroxyl groups is 1. The number of hydrogen-bond donors (Lipinski definition) is 5. The first-order valence-corrected chi connectivity index (χ1v) is 47.2. The van der Waals surface area contributed by atoms with Crippen LogP contribution in [0.25, 0.3) is 29.1 Å². The molecule has 12 aromatic rings. The number of morpholine rings is 1. The van der Waals surface area contributed by atoms with Gasteiger partial charge in [-0.3, -0.25) is 14.6 Å². The molecule has 0 radical (unpaired) electrons. The summed E-state index contributed by atoms with van der Waals surface area (Å²) in [5, 5.41) is 15.1. The van der Waals surface area contributed by atoms with Gasteiger partial charge in [-0.2, -0.15) is 0 Å². The maximum Gasteiger partial charge on any atom is 0.324 e. The predicted octanol–water partition coefficient (Wildman–Crippen LogP) is 18.0. The molecular formula is C108H108B6N12O15. The van der Waals surface area contributed by atoms with Gasteiger partial charge in [0, 0.05) is 56.4 Å². The van der Waals surface area contributed by atoms with Crippen LogP contribution in [-0.2, 0) is 116 Å². The van der Waals surface area contributed by atoms with Gasteiger partial charge in [-0.05, 0) is 280 Å². The van der Waals surface area contributed by atoms with E-state index in [1.54, 1.807) is 60.7 Å². The van der Waals surface area contributed by atoms with Crippen molar-refractivity contribution in [1.82, 2.24) is 20.4 Å². The zero-order chi connectivity index (χ0) is 98.8. The number of likely N-dealkylation sites (N-methyl/N-ethyl adjacent to an activating group) is 1. The average Bonchev–Trinajstić information content (AvgIpc) is 1.73. The molecule has 2 fully saturated rings. The van der Waals surface area contributed by atoms with Crippen LogP contribution in [0.3, 0.4) is 0 Å². The van der Waals surface area contributed by atoms with Gasteiger partial charge >= 0.3 is 41.5 Å². The van der Waals surface area contributed by atoms with Gasteiger partial charge in [0.2, 0.25) is 6.41 Å². The summed E-state index contributed by atoms with van der Waals surface area (Å²) in [6, 6.07) is 68.8. The lowest BCUT2D eigenvalue weighted by atomic mass is 9.64. The number of nitrogens with one attached hydrogen (secondary N) is 2.